The Morgan fingerprint density at radius 1 is 0.588 bits per heavy atom. The molecule has 4 fully saturated rings. The number of aliphatic hydroxyl groups excluding tert-OH is 1. The van der Waals surface area contributed by atoms with Crippen LogP contribution in [0.2, 0.25) is 0 Å². The average Bonchev–Trinajstić information content (AvgIpc) is 4.09. The van der Waals surface area contributed by atoms with Crippen molar-refractivity contribution in [3.63, 3.8) is 0 Å². The molecule has 0 spiro atoms. The van der Waals surface area contributed by atoms with Gasteiger partial charge >= 0.3 is 11.9 Å². The molecule has 6 aliphatic rings. The Balaban J connectivity index is 0.000000201. The molecule has 8 rings (SSSR count). The fourth-order valence-corrected chi connectivity index (χ4v) is 9.59. The summed E-state index contributed by atoms with van der Waals surface area (Å²) in [6.07, 6.45) is 16.9. The van der Waals surface area contributed by atoms with Crippen LogP contribution in [0.15, 0.2) is 60.7 Å². The third kappa shape index (κ3) is 12.4. The van der Waals surface area contributed by atoms with Crippen molar-refractivity contribution in [1.29, 1.82) is 0 Å². The molecule has 0 amide bonds. The van der Waals surface area contributed by atoms with E-state index in [1.54, 1.807) is 70.6 Å². The minimum atomic E-state index is -0.863. The van der Waals surface area contributed by atoms with Crippen LogP contribution in [-0.4, -0.2) is 119 Å². The lowest BCUT2D eigenvalue weighted by atomic mass is 9.98. The number of ether oxygens (including phenoxy) is 12. The molecule has 370 valence electrons. The summed E-state index contributed by atoms with van der Waals surface area (Å²) in [5.74, 6) is -1.08. The van der Waals surface area contributed by atoms with Crippen molar-refractivity contribution in [2.24, 2.45) is 11.8 Å². The zero-order valence-electron chi connectivity index (χ0n) is 40.3. The van der Waals surface area contributed by atoms with Crippen molar-refractivity contribution in [1.82, 2.24) is 0 Å². The Labute approximate surface area is 398 Å². The molecular formula is C52H66O16. The zero-order chi connectivity index (χ0) is 48.6. The van der Waals surface area contributed by atoms with Crippen LogP contribution in [0.25, 0.3) is 12.2 Å². The van der Waals surface area contributed by atoms with Crippen LogP contribution < -0.4 is 18.9 Å². The molecular weight excluding hydrogens is 881 g/mol. The molecule has 4 aliphatic heterocycles. The third-order valence-electron chi connectivity index (χ3n) is 12.7. The summed E-state index contributed by atoms with van der Waals surface area (Å²) in [6, 6.07) is 6.83. The molecule has 9 atom stereocenters. The molecule has 1 unspecified atom stereocenters. The fraction of sp³-hybridized carbons (Fsp3) is 0.558. The average molecular weight is 947 g/mol. The lowest BCUT2D eigenvalue weighted by molar-refractivity contribution is -0.152. The first-order valence-electron chi connectivity index (χ1n) is 23.3. The molecule has 68 heavy (non-hydrogen) atoms. The first-order valence-corrected chi connectivity index (χ1v) is 23.3. The number of carbonyl (C=O) groups is 3. The van der Waals surface area contributed by atoms with E-state index in [9.17, 15) is 19.5 Å². The van der Waals surface area contributed by atoms with Crippen LogP contribution in [0.1, 0.15) is 111 Å². The number of methoxy groups -OCH3 is 4. The summed E-state index contributed by atoms with van der Waals surface area (Å²) >= 11 is 0. The third-order valence-corrected chi connectivity index (χ3v) is 12.7. The minimum Gasteiger partial charge on any atom is -0.497 e. The van der Waals surface area contributed by atoms with E-state index in [1.807, 2.05) is 44.2 Å². The van der Waals surface area contributed by atoms with Gasteiger partial charge in [-0.05, 0) is 108 Å². The van der Waals surface area contributed by atoms with Crippen LogP contribution in [0.4, 0.5) is 0 Å². The molecule has 16 heteroatoms. The van der Waals surface area contributed by atoms with E-state index < -0.39 is 47.9 Å². The molecule has 2 saturated heterocycles. The second-order valence-electron chi connectivity index (χ2n) is 18.5. The number of ketones is 1. The van der Waals surface area contributed by atoms with Gasteiger partial charge in [-0.25, -0.2) is 9.59 Å². The Morgan fingerprint density at radius 3 is 1.62 bits per heavy atom. The van der Waals surface area contributed by atoms with Gasteiger partial charge in [-0.3, -0.25) is 4.79 Å². The van der Waals surface area contributed by atoms with Crippen molar-refractivity contribution < 1.29 is 76.3 Å². The zero-order valence-corrected chi connectivity index (χ0v) is 40.3. The van der Waals surface area contributed by atoms with E-state index in [-0.39, 0.29) is 49.5 Å². The highest BCUT2D eigenvalue weighted by Crippen LogP contribution is 2.39. The van der Waals surface area contributed by atoms with Crippen LogP contribution in [0.5, 0.6) is 23.0 Å². The summed E-state index contributed by atoms with van der Waals surface area (Å²) in [5, 5.41) is 10.9. The van der Waals surface area contributed by atoms with Gasteiger partial charge in [0.2, 0.25) is 0 Å². The minimum absolute atomic E-state index is 0.0101. The lowest BCUT2D eigenvalue weighted by Gasteiger charge is -2.22. The van der Waals surface area contributed by atoms with Gasteiger partial charge in [-0.15, -0.1) is 0 Å². The van der Waals surface area contributed by atoms with Crippen molar-refractivity contribution in [2.75, 3.05) is 42.0 Å². The van der Waals surface area contributed by atoms with E-state index >= 15 is 0 Å². The predicted octanol–water partition coefficient (Wildman–Crippen LogP) is 7.92. The number of esters is 2. The number of carbonyl (C=O) groups excluding carboxylic acids is 3. The molecule has 2 aromatic rings. The Morgan fingerprint density at radius 2 is 1.09 bits per heavy atom. The van der Waals surface area contributed by atoms with Crippen LogP contribution >= 0.6 is 0 Å². The second kappa shape index (κ2) is 22.6. The van der Waals surface area contributed by atoms with E-state index in [4.69, 9.17) is 56.8 Å². The van der Waals surface area contributed by atoms with Crippen LogP contribution in [0.3, 0.4) is 0 Å². The molecule has 4 heterocycles. The Hall–Kier alpha value is -5.07. The van der Waals surface area contributed by atoms with E-state index in [2.05, 4.69) is 0 Å². The maximum atomic E-state index is 13.4. The van der Waals surface area contributed by atoms with Crippen LogP contribution in [-0.2, 0) is 42.7 Å². The quantitative estimate of drug-likeness (QED) is 0.153. The monoisotopic (exact) mass is 946 g/mol. The highest BCUT2D eigenvalue weighted by molar-refractivity contribution is 5.98. The molecule has 0 radical (unpaired) electrons. The molecule has 0 aromatic heterocycles. The number of hydrogen-bond acceptors (Lipinski definition) is 16. The van der Waals surface area contributed by atoms with Crippen molar-refractivity contribution in [3.8, 4) is 23.0 Å². The van der Waals surface area contributed by atoms with Gasteiger partial charge in [0, 0.05) is 38.2 Å². The predicted molar refractivity (Wildman–Crippen MR) is 248 cm³/mol. The first-order chi connectivity index (χ1) is 32.6. The number of fused-ring (bicyclic) bond motifs is 6. The summed E-state index contributed by atoms with van der Waals surface area (Å²) in [7, 11) is 6.13. The van der Waals surface area contributed by atoms with Gasteiger partial charge in [-0.1, -0.05) is 42.5 Å². The maximum absolute atomic E-state index is 13.4. The summed E-state index contributed by atoms with van der Waals surface area (Å²) < 4.78 is 68.4. The van der Waals surface area contributed by atoms with E-state index in [1.165, 1.54) is 14.2 Å². The summed E-state index contributed by atoms with van der Waals surface area (Å²) in [6.45, 7) is 7.23. The Kier molecular flexibility index (Phi) is 16.9. The molecule has 2 aromatic carbocycles. The number of rotatable bonds is 8. The van der Waals surface area contributed by atoms with E-state index in [0.29, 0.717) is 58.1 Å². The molecule has 16 nitrogen and oxygen atoms in total. The summed E-state index contributed by atoms with van der Waals surface area (Å²) in [5.41, 5.74) is 1.81. The molecule has 2 saturated carbocycles. The number of hydrogen-bond donors (Lipinski definition) is 1. The van der Waals surface area contributed by atoms with Gasteiger partial charge in [0.1, 0.15) is 64.6 Å². The van der Waals surface area contributed by atoms with Crippen molar-refractivity contribution >= 4 is 29.9 Å². The molecule has 0 bridgehead atoms. The standard InChI is InChI=1S/C26H34O8.C26H32O8/c2*1-26(2)33-21-10-6-8-17-13-18(30-4)14-22(31-15-29-3)23(17)25(28)32-20-9-5-7-16(20)11-12-19(27)24(21)34-26/h6,8,11-14,16,19-21,24,27H,5,7,9-10,15H2,1-4H3;6,8,11-14,16,20-21,24H,5,7,9-10,15H2,1-4H3/b2*8-6+,12-11-/t16-,19?,20+,21+,24-;16-,20+,21+,24-/m11/s1. The van der Waals surface area contributed by atoms with Gasteiger partial charge in [0.15, 0.2) is 30.9 Å². The Bertz CT molecular complexity index is 2230. The summed E-state index contributed by atoms with van der Waals surface area (Å²) in [4.78, 5) is 39.7. The highest BCUT2D eigenvalue weighted by Gasteiger charge is 2.45. The van der Waals surface area contributed by atoms with Crippen molar-refractivity contribution in [3.05, 3.63) is 83.0 Å². The lowest BCUT2D eigenvalue weighted by Crippen LogP contribution is -2.34. The largest absolute Gasteiger partial charge is 0.497 e. The van der Waals surface area contributed by atoms with Crippen LogP contribution in [0, 0.1) is 11.8 Å². The molecule has 1 N–H and O–H groups in total. The smallest absolute Gasteiger partial charge is 0.342 e. The SMILES string of the molecule is COCOc1cc(OC)cc2c1C(=O)O[C@H]1CCC[C@@H]1/C=C\C(=O)[C@H]1OC(C)(C)O[C@H]1C/C=C/2.COCOc1cc(OC)cc2c1C(=O)O[C@H]1CCC[C@@H]1/C=C\C(O)[C@H]1OC(C)(C)O[C@H]1C/C=C/2. The number of benzene rings is 2. The normalized spacial score (nSPS) is 31.4. The van der Waals surface area contributed by atoms with Gasteiger partial charge in [-0.2, -0.15) is 0 Å². The van der Waals surface area contributed by atoms with Gasteiger partial charge < -0.3 is 61.9 Å². The number of aliphatic hydroxyl groups is 1. The van der Waals surface area contributed by atoms with Crippen molar-refractivity contribution in [2.45, 2.75) is 133 Å². The van der Waals surface area contributed by atoms with Gasteiger partial charge in [0.25, 0.3) is 0 Å². The molecule has 2 aliphatic carbocycles. The van der Waals surface area contributed by atoms with Gasteiger partial charge in [0.05, 0.1) is 26.4 Å². The fourth-order valence-electron chi connectivity index (χ4n) is 9.59. The van der Waals surface area contributed by atoms with E-state index in [0.717, 1.165) is 38.5 Å². The highest BCUT2D eigenvalue weighted by atomic mass is 16.8. The topological polar surface area (TPSA) is 182 Å². The second-order valence-corrected chi connectivity index (χ2v) is 18.5. The first kappa shape index (κ1) is 50.8. The maximum Gasteiger partial charge on any atom is 0.342 e.